The smallest absolute Gasteiger partial charge is 0.323 e. The molecular formula is C17H19BN4O2. The molecule has 0 aliphatic heterocycles. The van der Waals surface area contributed by atoms with Gasteiger partial charge in [0.25, 0.3) is 0 Å². The summed E-state index contributed by atoms with van der Waals surface area (Å²) in [6, 6.07) is 10.5. The van der Waals surface area contributed by atoms with Crippen molar-refractivity contribution < 1.29 is 9.53 Å². The molecule has 0 spiro atoms. The molecule has 6 nitrogen and oxygen atoms in total. The van der Waals surface area contributed by atoms with Crippen molar-refractivity contribution in [1.82, 2.24) is 4.98 Å². The predicted molar refractivity (Wildman–Crippen MR) is 96.3 cm³/mol. The van der Waals surface area contributed by atoms with Crippen LogP contribution in [0.25, 0.3) is 0 Å². The largest absolute Gasteiger partial charge is 0.374 e. The number of urea groups is 1. The Morgan fingerprint density at radius 1 is 1.38 bits per heavy atom. The Hall–Kier alpha value is -2.85. The number of hydrogen-bond acceptors (Lipinski definition) is 4. The fraction of sp³-hybridized carbons (Fsp3) is 0.235. The van der Waals surface area contributed by atoms with Gasteiger partial charge in [-0.05, 0) is 37.6 Å². The second kappa shape index (κ2) is 8.13. The molecule has 0 radical (unpaired) electrons. The van der Waals surface area contributed by atoms with E-state index in [9.17, 15) is 4.79 Å². The first-order chi connectivity index (χ1) is 11.5. The van der Waals surface area contributed by atoms with Crippen LogP contribution in [0.3, 0.4) is 0 Å². The Morgan fingerprint density at radius 2 is 2.17 bits per heavy atom. The fourth-order valence-corrected chi connectivity index (χ4v) is 2.24. The molecule has 24 heavy (non-hydrogen) atoms. The van der Waals surface area contributed by atoms with Crippen molar-refractivity contribution in [2.75, 3.05) is 17.2 Å². The van der Waals surface area contributed by atoms with Crippen LogP contribution in [0.1, 0.15) is 31.2 Å². The third-order valence-electron chi connectivity index (χ3n) is 3.52. The van der Waals surface area contributed by atoms with E-state index in [0.29, 0.717) is 18.0 Å². The molecule has 1 atom stereocenters. The number of carbonyl (C=O) groups excluding carboxylic acids is 1. The zero-order chi connectivity index (χ0) is 17.5. The van der Waals surface area contributed by atoms with Crippen LogP contribution in [-0.2, 0) is 4.74 Å². The number of nitrogens with one attached hydrogen (secondary N) is 2. The van der Waals surface area contributed by atoms with E-state index < -0.39 is 0 Å². The number of anilines is 2. The average Bonchev–Trinajstić information content (AvgIpc) is 2.57. The third kappa shape index (κ3) is 4.57. The highest BCUT2D eigenvalue weighted by atomic mass is 16.5. The quantitative estimate of drug-likeness (QED) is 0.824. The number of nitrogens with zero attached hydrogens (tertiary/aromatic N) is 2. The molecule has 0 saturated carbocycles. The zero-order valence-corrected chi connectivity index (χ0v) is 14.0. The van der Waals surface area contributed by atoms with E-state index >= 15 is 0 Å². The minimum atomic E-state index is -0.366. The van der Waals surface area contributed by atoms with Crippen LogP contribution >= 0.6 is 0 Å². The van der Waals surface area contributed by atoms with Gasteiger partial charge >= 0.3 is 6.03 Å². The molecule has 0 saturated heterocycles. The number of benzene rings is 1. The number of hydrogen-bond donors (Lipinski definition) is 2. The van der Waals surface area contributed by atoms with Crippen LogP contribution in [0.5, 0.6) is 0 Å². The van der Waals surface area contributed by atoms with Crippen LogP contribution in [0.15, 0.2) is 36.5 Å². The minimum Gasteiger partial charge on any atom is -0.374 e. The van der Waals surface area contributed by atoms with Gasteiger partial charge in [-0.3, -0.25) is 0 Å². The Kier molecular flexibility index (Phi) is 5.93. The van der Waals surface area contributed by atoms with Gasteiger partial charge in [0.2, 0.25) is 0 Å². The number of aromatic nitrogens is 1. The van der Waals surface area contributed by atoms with E-state index in [0.717, 1.165) is 16.7 Å². The van der Waals surface area contributed by atoms with E-state index in [4.69, 9.17) is 10.00 Å². The molecule has 2 N–H and O–H groups in total. The van der Waals surface area contributed by atoms with Crippen LogP contribution in [-0.4, -0.2) is 25.5 Å². The van der Waals surface area contributed by atoms with Gasteiger partial charge in [0.05, 0.1) is 18.0 Å². The summed E-state index contributed by atoms with van der Waals surface area (Å²) in [6.45, 7) is 4.61. The Bertz CT molecular complexity index is 756. The highest BCUT2D eigenvalue weighted by molar-refractivity contribution is 6.36. The lowest BCUT2D eigenvalue weighted by Crippen LogP contribution is -2.24. The summed E-state index contributed by atoms with van der Waals surface area (Å²) in [4.78, 5) is 16.0. The maximum absolute atomic E-state index is 12.1. The molecule has 0 fully saturated rings. The van der Waals surface area contributed by atoms with Gasteiger partial charge in [0.1, 0.15) is 19.6 Å². The lowest BCUT2D eigenvalue weighted by molar-refractivity contribution is 0.0765. The van der Waals surface area contributed by atoms with E-state index in [2.05, 4.69) is 15.6 Å². The van der Waals surface area contributed by atoms with Crippen LogP contribution in [0.2, 0.25) is 0 Å². The molecule has 122 valence electrons. The summed E-state index contributed by atoms with van der Waals surface area (Å²) in [5.74, 6) is 0. The first-order valence-electron chi connectivity index (χ1n) is 7.69. The topological polar surface area (TPSA) is 87.0 Å². The molecule has 7 heteroatoms. The second-order valence-corrected chi connectivity index (χ2v) is 5.29. The summed E-state index contributed by atoms with van der Waals surface area (Å²) in [5.41, 5.74) is 3.56. The van der Waals surface area contributed by atoms with Gasteiger partial charge < -0.3 is 15.4 Å². The van der Waals surface area contributed by atoms with Gasteiger partial charge in [-0.15, -0.1) is 0 Å². The molecule has 1 aromatic carbocycles. The second-order valence-electron chi connectivity index (χ2n) is 5.29. The van der Waals surface area contributed by atoms with Crippen molar-refractivity contribution >= 4 is 30.7 Å². The van der Waals surface area contributed by atoms with Gasteiger partial charge in [0, 0.05) is 12.3 Å². The van der Waals surface area contributed by atoms with Crippen molar-refractivity contribution in [1.29, 1.82) is 5.26 Å². The van der Waals surface area contributed by atoms with Crippen molar-refractivity contribution in [3.05, 3.63) is 47.8 Å². The van der Waals surface area contributed by atoms with Crippen LogP contribution in [0, 0.1) is 11.3 Å². The number of nitriles is 1. The molecule has 0 unspecified atom stereocenters. The molecule has 1 heterocycles. The standard InChI is InChI=1S/C17H19BN4O2/c1-3-24-11(2)12-4-7-16(15(18)8-12)22-17(23)21-14-6-5-13(9-19)20-10-14/h4-8,10-11H,3,18H2,1-2H3,(H2,21,22,23)/t11-/m1/s1. The van der Waals surface area contributed by atoms with Gasteiger partial charge in [-0.1, -0.05) is 17.6 Å². The summed E-state index contributed by atoms with van der Waals surface area (Å²) < 4.78 is 5.57. The van der Waals surface area contributed by atoms with Gasteiger partial charge in [-0.2, -0.15) is 5.26 Å². The van der Waals surface area contributed by atoms with E-state index in [1.54, 1.807) is 12.1 Å². The first-order valence-corrected chi connectivity index (χ1v) is 7.69. The summed E-state index contributed by atoms with van der Waals surface area (Å²) >= 11 is 0. The van der Waals surface area contributed by atoms with Gasteiger partial charge in [-0.25, -0.2) is 9.78 Å². The SMILES string of the molecule is Bc1cc([C@@H](C)OCC)ccc1NC(=O)Nc1ccc(C#N)nc1. The molecule has 2 aromatic rings. The average molecular weight is 322 g/mol. The molecule has 2 rings (SSSR count). The maximum Gasteiger partial charge on any atom is 0.323 e. The number of pyridine rings is 1. The summed E-state index contributed by atoms with van der Waals surface area (Å²) in [6.07, 6.45) is 1.46. The molecule has 0 aliphatic rings. The highest BCUT2D eigenvalue weighted by Crippen LogP contribution is 2.17. The summed E-state index contributed by atoms with van der Waals surface area (Å²) in [7, 11) is 1.93. The van der Waals surface area contributed by atoms with Crippen molar-refractivity contribution in [3.63, 3.8) is 0 Å². The number of carbonyl (C=O) groups is 1. The molecule has 2 amide bonds. The Balaban J connectivity index is 2.02. The summed E-state index contributed by atoms with van der Waals surface area (Å²) in [5, 5.41) is 14.2. The van der Waals surface area contributed by atoms with Crippen molar-refractivity contribution in [3.8, 4) is 6.07 Å². The number of rotatable bonds is 5. The Morgan fingerprint density at radius 3 is 2.75 bits per heavy atom. The lowest BCUT2D eigenvalue weighted by Gasteiger charge is -2.15. The van der Waals surface area contributed by atoms with Crippen LogP contribution in [0.4, 0.5) is 16.2 Å². The molecule has 0 aliphatic carbocycles. The maximum atomic E-state index is 12.1. The fourth-order valence-electron chi connectivity index (χ4n) is 2.24. The normalized spacial score (nSPS) is 11.4. The highest BCUT2D eigenvalue weighted by Gasteiger charge is 2.09. The zero-order valence-electron chi connectivity index (χ0n) is 14.0. The molecule has 0 bridgehead atoms. The van der Waals surface area contributed by atoms with Crippen LogP contribution < -0.4 is 16.1 Å². The Labute approximate surface area is 142 Å². The first kappa shape index (κ1) is 17.5. The van der Waals surface area contributed by atoms with Crippen molar-refractivity contribution in [2.45, 2.75) is 20.0 Å². The minimum absolute atomic E-state index is 0.0151. The van der Waals surface area contributed by atoms with Gasteiger partial charge in [0.15, 0.2) is 0 Å². The number of amides is 2. The third-order valence-corrected chi connectivity index (χ3v) is 3.52. The monoisotopic (exact) mass is 322 g/mol. The molecule has 1 aromatic heterocycles. The predicted octanol–water partition coefficient (Wildman–Crippen LogP) is 1.95. The van der Waals surface area contributed by atoms with E-state index in [1.165, 1.54) is 6.20 Å². The lowest BCUT2D eigenvalue weighted by atomic mass is 9.91. The molecular weight excluding hydrogens is 303 g/mol. The van der Waals surface area contributed by atoms with Crippen molar-refractivity contribution in [2.24, 2.45) is 0 Å². The van der Waals surface area contributed by atoms with E-state index in [1.807, 2.05) is 46.0 Å². The number of ether oxygens (including phenoxy) is 1. The van der Waals surface area contributed by atoms with E-state index in [-0.39, 0.29) is 12.1 Å².